The maximum Gasteiger partial charge on any atom is 0.331 e. The summed E-state index contributed by atoms with van der Waals surface area (Å²) >= 11 is 0. The van der Waals surface area contributed by atoms with E-state index in [1.807, 2.05) is 38.1 Å². The summed E-state index contributed by atoms with van der Waals surface area (Å²) in [6, 6.07) is 7.85. The zero-order chi connectivity index (χ0) is 19.7. The zero-order valence-corrected chi connectivity index (χ0v) is 16.3. The molecule has 1 aliphatic heterocycles. The van der Waals surface area contributed by atoms with Gasteiger partial charge in [-0.3, -0.25) is 13.9 Å². The van der Waals surface area contributed by atoms with Gasteiger partial charge in [-0.25, -0.2) is 4.79 Å². The summed E-state index contributed by atoms with van der Waals surface area (Å²) in [5.74, 6) is 0.767. The van der Waals surface area contributed by atoms with Crippen LogP contribution < -0.4 is 11.2 Å². The van der Waals surface area contributed by atoms with Gasteiger partial charge in [0.2, 0.25) is 11.7 Å². The predicted molar refractivity (Wildman–Crippen MR) is 105 cm³/mol. The molecule has 0 N–H and O–H groups in total. The molecule has 0 amide bonds. The summed E-state index contributed by atoms with van der Waals surface area (Å²) in [4.78, 5) is 30.9. The molecule has 4 rings (SSSR count). The van der Waals surface area contributed by atoms with Crippen molar-refractivity contribution in [1.29, 1.82) is 0 Å². The normalized spacial score (nSPS) is 13.9. The van der Waals surface area contributed by atoms with E-state index in [-0.39, 0.29) is 23.6 Å². The second-order valence-electron chi connectivity index (χ2n) is 7.31. The minimum atomic E-state index is -0.345. The molecule has 1 aliphatic rings. The summed E-state index contributed by atoms with van der Waals surface area (Å²) < 4.78 is 8.29. The van der Waals surface area contributed by atoms with Gasteiger partial charge in [-0.15, -0.1) is 0 Å². The lowest BCUT2D eigenvalue weighted by atomic mass is 10.1. The molecule has 1 aromatic carbocycles. The van der Waals surface area contributed by atoms with Crippen LogP contribution in [-0.2, 0) is 25.9 Å². The Morgan fingerprint density at radius 1 is 1.11 bits per heavy atom. The van der Waals surface area contributed by atoms with E-state index in [1.165, 1.54) is 4.57 Å². The number of nitrogens with zero attached hydrogens (tertiary/aromatic N) is 4. The third-order valence-corrected chi connectivity index (χ3v) is 5.29. The lowest BCUT2D eigenvalue weighted by Gasteiger charge is -2.16. The molecule has 0 saturated carbocycles. The summed E-state index contributed by atoms with van der Waals surface area (Å²) in [5.41, 5.74) is 2.57. The molecule has 0 spiro atoms. The fourth-order valence-corrected chi connectivity index (χ4v) is 3.71. The first-order valence-electron chi connectivity index (χ1n) is 9.83. The first-order valence-corrected chi connectivity index (χ1v) is 9.83. The van der Waals surface area contributed by atoms with Crippen LogP contribution in [0, 0.1) is 6.92 Å². The molecule has 0 radical (unpaired) electrons. The van der Waals surface area contributed by atoms with Crippen molar-refractivity contribution in [2.75, 3.05) is 0 Å². The number of aromatic nitrogens is 4. The molecule has 146 valence electrons. The minimum absolute atomic E-state index is 0.226. The van der Waals surface area contributed by atoms with E-state index >= 15 is 0 Å². The van der Waals surface area contributed by atoms with E-state index in [2.05, 4.69) is 10.1 Å². The van der Waals surface area contributed by atoms with Crippen LogP contribution in [0.4, 0.5) is 0 Å². The topological polar surface area (TPSA) is 82.9 Å². The number of fused-ring (bicyclic) bond motifs is 1. The molecule has 0 atom stereocenters. The van der Waals surface area contributed by atoms with Crippen molar-refractivity contribution in [3.05, 3.63) is 67.8 Å². The second kappa shape index (κ2) is 7.58. The van der Waals surface area contributed by atoms with Gasteiger partial charge in [0.1, 0.15) is 5.56 Å². The molecule has 0 unspecified atom stereocenters. The van der Waals surface area contributed by atoms with Gasteiger partial charge in [-0.1, -0.05) is 48.3 Å². The van der Waals surface area contributed by atoms with Crippen molar-refractivity contribution in [3.63, 3.8) is 0 Å². The van der Waals surface area contributed by atoms with Crippen molar-refractivity contribution < 1.29 is 4.52 Å². The van der Waals surface area contributed by atoms with Gasteiger partial charge < -0.3 is 4.52 Å². The van der Waals surface area contributed by atoms with Gasteiger partial charge in [-0.05, 0) is 31.7 Å². The largest absolute Gasteiger partial charge is 0.339 e. The third-order valence-electron chi connectivity index (χ3n) is 5.29. The molecular formula is C21H24N4O3. The Balaban J connectivity index is 1.92. The van der Waals surface area contributed by atoms with Gasteiger partial charge in [0.15, 0.2) is 0 Å². The predicted octanol–water partition coefficient (Wildman–Crippen LogP) is 2.71. The Labute approximate surface area is 162 Å². The van der Waals surface area contributed by atoms with Crippen LogP contribution in [0.15, 0.2) is 38.4 Å². The molecule has 7 heteroatoms. The average molecular weight is 380 g/mol. The van der Waals surface area contributed by atoms with Crippen LogP contribution in [0.3, 0.4) is 0 Å². The fourth-order valence-electron chi connectivity index (χ4n) is 3.71. The number of hydrogen-bond acceptors (Lipinski definition) is 5. The van der Waals surface area contributed by atoms with Crippen LogP contribution in [0.2, 0.25) is 0 Å². The Morgan fingerprint density at radius 3 is 2.61 bits per heavy atom. The molecule has 0 fully saturated rings. The molecule has 3 heterocycles. The average Bonchev–Trinajstić information content (AvgIpc) is 3.03. The highest BCUT2D eigenvalue weighted by Crippen LogP contribution is 2.22. The minimum Gasteiger partial charge on any atom is -0.339 e. The summed E-state index contributed by atoms with van der Waals surface area (Å²) in [7, 11) is 0. The van der Waals surface area contributed by atoms with Crippen LogP contribution in [-0.4, -0.2) is 19.3 Å². The molecule has 3 aromatic rings. The fraction of sp³-hybridized carbons (Fsp3) is 0.429. The van der Waals surface area contributed by atoms with Gasteiger partial charge in [0.25, 0.3) is 5.56 Å². The number of rotatable bonds is 4. The van der Waals surface area contributed by atoms with Crippen LogP contribution in [0.25, 0.3) is 11.4 Å². The molecule has 2 aromatic heterocycles. The highest BCUT2D eigenvalue weighted by Gasteiger charge is 2.25. The lowest BCUT2D eigenvalue weighted by Crippen LogP contribution is -2.42. The maximum atomic E-state index is 13.4. The smallest absolute Gasteiger partial charge is 0.331 e. The van der Waals surface area contributed by atoms with Crippen molar-refractivity contribution in [2.24, 2.45) is 0 Å². The van der Waals surface area contributed by atoms with E-state index in [9.17, 15) is 9.59 Å². The van der Waals surface area contributed by atoms with Gasteiger partial charge in [0.05, 0.1) is 6.54 Å². The molecule has 0 saturated heterocycles. The van der Waals surface area contributed by atoms with Crippen molar-refractivity contribution in [2.45, 2.75) is 59.0 Å². The van der Waals surface area contributed by atoms with Crippen molar-refractivity contribution >= 4 is 0 Å². The Kier molecular flexibility index (Phi) is 4.98. The monoisotopic (exact) mass is 380 g/mol. The van der Waals surface area contributed by atoms with Crippen LogP contribution >= 0.6 is 0 Å². The van der Waals surface area contributed by atoms with Crippen molar-refractivity contribution in [3.8, 4) is 11.4 Å². The van der Waals surface area contributed by atoms with Gasteiger partial charge in [-0.2, -0.15) is 4.98 Å². The SMILES string of the molecule is CCc1nc(-c2c3n(c(=O)n(Cc4ccc(C)cc4)c2=O)CCCCC3)no1. The van der Waals surface area contributed by atoms with Crippen LogP contribution in [0.5, 0.6) is 0 Å². The summed E-state index contributed by atoms with van der Waals surface area (Å²) in [6.45, 7) is 4.76. The molecule has 0 aliphatic carbocycles. The highest BCUT2D eigenvalue weighted by atomic mass is 16.5. The standard InChI is InChI=1S/C21H24N4O3/c1-3-17-22-19(23-28-17)18-16-7-5-4-6-12-24(16)21(27)25(20(18)26)13-15-10-8-14(2)9-11-15/h8-11H,3-7,12-13H2,1-2H3. The quantitative estimate of drug-likeness (QED) is 0.695. The second-order valence-corrected chi connectivity index (χ2v) is 7.31. The third kappa shape index (κ3) is 3.32. The van der Waals surface area contributed by atoms with E-state index < -0.39 is 0 Å². The number of aryl methyl sites for hydroxylation is 2. The Morgan fingerprint density at radius 2 is 1.89 bits per heavy atom. The van der Waals surface area contributed by atoms with E-state index in [1.54, 1.807) is 4.57 Å². The first kappa shape index (κ1) is 18.4. The first-order chi connectivity index (χ1) is 13.6. The van der Waals surface area contributed by atoms with E-state index in [0.717, 1.165) is 36.1 Å². The zero-order valence-electron chi connectivity index (χ0n) is 16.3. The summed E-state index contributed by atoms with van der Waals surface area (Å²) in [5, 5.41) is 4.03. The highest BCUT2D eigenvalue weighted by molar-refractivity contribution is 5.56. The molecule has 7 nitrogen and oxygen atoms in total. The van der Waals surface area contributed by atoms with Gasteiger partial charge in [0, 0.05) is 18.7 Å². The maximum absolute atomic E-state index is 13.4. The lowest BCUT2D eigenvalue weighted by molar-refractivity contribution is 0.382. The molecule has 0 bridgehead atoms. The number of hydrogen-bond donors (Lipinski definition) is 0. The van der Waals surface area contributed by atoms with Crippen molar-refractivity contribution in [1.82, 2.24) is 19.3 Å². The molecule has 28 heavy (non-hydrogen) atoms. The van der Waals surface area contributed by atoms with Crippen LogP contribution in [0.1, 0.15) is 48.9 Å². The van der Waals surface area contributed by atoms with E-state index in [0.29, 0.717) is 30.8 Å². The molecular weight excluding hydrogens is 356 g/mol. The Bertz CT molecular complexity index is 1110. The summed E-state index contributed by atoms with van der Waals surface area (Å²) in [6.07, 6.45) is 4.15. The van der Waals surface area contributed by atoms with Gasteiger partial charge >= 0.3 is 5.69 Å². The number of benzene rings is 1. The Hall–Kier alpha value is -2.96. The van der Waals surface area contributed by atoms with E-state index in [4.69, 9.17) is 4.52 Å².